The van der Waals surface area contributed by atoms with Gasteiger partial charge in [-0.15, -0.1) is 23.2 Å². The first kappa shape index (κ1) is 8.63. The predicted octanol–water partition coefficient (Wildman–Crippen LogP) is 2.40. The van der Waals surface area contributed by atoms with Crippen molar-refractivity contribution in [1.82, 2.24) is 0 Å². The van der Waals surface area contributed by atoms with Crippen LogP contribution in [0.25, 0.3) is 0 Å². The minimum absolute atomic E-state index is 0.153. The summed E-state index contributed by atoms with van der Waals surface area (Å²) in [6.07, 6.45) is 3.86. The van der Waals surface area contributed by atoms with Crippen molar-refractivity contribution in [2.75, 3.05) is 12.5 Å². The molecular formula is C7H12Cl2O. The lowest BCUT2D eigenvalue weighted by atomic mass is 10.2. The standard InChI is InChI=1S/C7H12Cl2O/c8-4-6(9)2-1-3-7-5-10-7/h6-7H,1-5H2/t6-,7-/m0/s1. The lowest BCUT2D eigenvalue weighted by Gasteiger charge is -2.02. The summed E-state index contributed by atoms with van der Waals surface area (Å²) in [5, 5.41) is 0.153. The molecule has 0 aromatic rings. The van der Waals surface area contributed by atoms with E-state index in [0.717, 1.165) is 25.9 Å². The Morgan fingerprint density at radius 2 is 2.30 bits per heavy atom. The Morgan fingerprint density at radius 3 is 2.80 bits per heavy atom. The van der Waals surface area contributed by atoms with E-state index in [1.807, 2.05) is 0 Å². The van der Waals surface area contributed by atoms with E-state index in [4.69, 9.17) is 27.9 Å². The minimum atomic E-state index is 0.153. The molecule has 1 nitrogen and oxygen atoms in total. The van der Waals surface area contributed by atoms with Crippen LogP contribution in [0.5, 0.6) is 0 Å². The molecule has 0 N–H and O–H groups in total. The van der Waals surface area contributed by atoms with Crippen molar-refractivity contribution in [3.63, 3.8) is 0 Å². The summed E-state index contributed by atoms with van der Waals surface area (Å²) in [5.74, 6) is 0.563. The van der Waals surface area contributed by atoms with Crippen LogP contribution in [0.3, 0.4) is 0 Å². The fourth-order valence-corrected chi connectivity index (χ4v) is 1.19. The van der Waals surface area contributed by atoms with Crippen LogP contribution < -0.4 is 0 Å². The minimum Gasteiger partial charge on any atom is -0.373 e. The topological polar surface area (TPSA) is 12.5 Å². The molecule has 1 fully saturated rings. The van der Waals surface area contributed by atoms with E-state index in [0.29, 0.717) is 12.0 Å². The highest BCUT2D eigenvalue weighted by molar-refractivity contribution is 6.28. The zero-order chi connectivity index (χ0) is 7.40. The van der Waals surface area contributed by atoms with Gasteiger partial charge in [0.1, 0.15) is 0 Å². The largest absolute Gasteiger partial charge is 0.373 e. The first-order valence-electron chi connectivity index (χ1n) is 3.64. The van der Waals surface area contributed by atoms with Crippen LogP contribution in [0.1, 0.15) is 19.3 Å². The van der Waals surface area contributed by atoms with Crippen molar-refractivity contribution in [2.45, 2.75) is 30.7 Å². The lowest BCUT2D eigenvalue weighted by molar-refractivity contribution is 0.389. The molecular weight excluding hydrogens is 171 g/mol. The van der Waals surface area contributed by atoms with Crippen LogP contribution in [-0.4, -0.2) is 24.0 Å². The maximum atomic E-state index is 5.80. The third-order valence-electron chi connectivity index (χ3n) is 1.61. The van der Waals surface area contributed by atoms with Gasteiger partial charge >= 0.3 is 0 Å². The first-order chi connectivity index (χ1) is 4.83. The van der Waals surface area contributed by atoms with Gasteiger partial charge in [-0.1, -0.05) is 0 Å². The fourth-order valence-electron chi connectivity index (χ4n) is 0.879. The van der Waals surface area contributed by atoms with Gasteiger partial charge in [-0.25, -0.2) is 0 Å². The van der Waals surface area contributed by atoms with Gasteiger partial charge in [0.2, 0.25) is 0 Å². The number of hydrogen-bond donors (Lipinski definition) is 0. The van der Waals surface area contributed by atoms with Gasteiger partial charge in [-0.2, -0.15) is 0 Å². The normalized spacial score (nSPS) is 26.4. The SMILES string of the molecule is ClC[C@@H](Cl)CCC[C@H]1CO1. The van der Waals surface area contributed by atoms with Crippen molar-refractivity contribution in [3.05, 3.63) is 0 Å². The Labute approximate surface area is 71.6 Å². The Bertz CT molecular complexity index is 93.6. The third-order valence-corrected chi connectivity index (χ3v) is 2.52. The van der Waals surface area contributed by atoms with Crippen LogP contribution >= 0.6 is 23.2 Å². The maximum Gasteiger partial charge on any atom is 0.0810 e. The molecule has 1 saturated heterocycles. The number of halogens is 2. The van der Waals surface area contributed by atoms with Gasteiger partial charge < -0.3 is 4.74 Å². The number of rotatable bonds is 5. The highest BCUT2D eigenvalue weighted by Gasteiger charge is 2.21. The second kappa shape index (κ2) is 4.42. The van der Waals surface area contributed by atoms with Gasteiger partial charge in [0, 0.05) is 11.3 Å². The zero-order valence-electron chi connectivity index (χ0n) is 5.85. The van der Waals surface area contributed by atoms with Crippen LogP contribution in [0.15, 0.2) is 0 Å². The van der Waals surface area contributed by atoms with Crippen LogP contribution in [0.2, 0.25) is 0 Å². The van der Waals surface area contributed by atoms with Gasteiger partial charge in [0.25, 0.3) is 0 Å². The van der Waals surface area contributed by atoms with Crippen molar-refractivity contribution < 1.29 is 4.74 Å². The molecule has 0 bridgehead atoms. The number of ether oxygens (including phenoxy) is 1. The van der Waals surface area contributed by atoms with E-state index in [1.165, 1.54) is 0 Å². The van der Waals surface area contributed by atoms with Gasteiger partial charge in [-0.05, 0) is 19.3 Å². The molecule has 3 heteroatoms. The Hall–Kier alpha value is 0.540. The Kier molecular flexibility index (Phi) is 3.82. The summed E-state index contributed by atoms with van der Waals surface area (Å²) in [4.78, 5) is 0. The second-order valence-electron chi connectivity index (χ2n) is 2.64. The molecule has 1 heterocycles. The number of alkyl halides is 2. The predicted molar refractivity (Wildman–Crippen MR) is 44.0 cm³/mol. The average Bonchev–Trinajstić information content (AvgIpc) is 2.71. The summed E-state index contributed by atoms with van der Waals surface area (Å²) < 4.78 is 5.05. The van der Waals surface area contributed by atoms with Gasteiger partial charge in [0.05, 0.1) is 12.7 Å². The van der Waals surface area contributed by atoms with Gasteiger partial charge in [0.15, 0.2) is 0 Å². The molecule has 0 aromatic carbocycles. The van der Waals surface area contributed by atoms with E-state index in [2.05, 4.69) is 0 Å². The Morgan fingerprint density at radius 1 is 1.60 bits per heavy atom. The monoisotopic (exact) mass is 182 g/mol. The van der Waals surface area contributed by atoms with E-state index in [-0.39, 0.29) is 5.38 Å². The molecule has 10 heavy (non-hydrogen) atoms. The molecule has 0 amide bonds. The molecule has 0 aliphatic carbocycles. The summed E-state index contributed by atoms with van der Waals surface area (Å²) >= 11 is 11.3. The molecule has 2 atom stereocenters. The number of epoxide rings is 1. The molecule has 0 aromatic heterocycles. The molecule has 0 radical (unpaired) electrons. The zero-order valence-corrected chi connectivity index (χ0v) is 7.37. The van der Waals surface area contributed by atoms with Crippen LogP contribution in [0, 0.1) is 0 Å². The Balaban J connectivity index is 1.83. The fraction of sp³-hybridized carbons (Fsp3) is 1.00. The highest BCUT2D eigenvalue weighted by atomic mass is 35.5. The van der Waals surface area contributed by atoms with Crippen molar-refractivity contribution >= 4 is 23.2 Å². The van der Waals surface area contributed by atoms with Crippen LogP contribution in [-0.2, 0) is 4.74 Å². The van der Waals surface area contributed by atoms with Crippen molar-refractivity contribution in [3.8, 4) is 0 Å². The molecule has 1 rings (SSSR count). The van der Waals surface area contributed by atoms with Crippen molar-refractivity contribution in [1.29, 1.82) is 0 Å². The van der Waals surface area contributed by atoms with Gasteiger partial charge in [-0.3, -0.25) is 0 Å². The molecule has 1 aliphatic heterocycles. The molecule has 60 valence electrons. The van der Waals surface area contributed by atoms with E-state index in [9.17, 15) is 0 Å². The smallest absolute Gasteiger partial charge is 0.0810 e. The van der Waals surface area contributed by atoms with Crippen LogP contribution in [0.4, 0.5) is 0 Å². The molecule has 0 spiro atoms. The summed E-state index contributed by atoms with van der Waals surface area (Å²) in [6.45, 7) is 0.952. The van der Waals surface area contributed by atoms with E-state index >= 15 is 0 Å². The number of hydrogen-bond acceptors (Lipinski definition) is 1. The molecule has 0 unspecified atom stereocenters. The summed E-state index contributed by atoms with van der Waals surface area (Å²) in [6, 6.07) is 0. The highest BCUT2D eigenvalue weighted by Crippen LogP contribution is 2.18. The summed E-state index contributed by atoms with van der Waals surface area (Å²) in [7, 11) is 0. The molecule has 0 saturated carbocycles. The van der Waals surface area contributed by atoms with E-state index in [1.54, 1.807) is 0 Å². The quantitative estimate of drug-likeness (QED) is 0.471. The third kappa shape index (κ3) is 3.65. The summed E-state index contributed by atoms with van der Waals surface area (Å²) in [5.41, 5.74) is 0. The lowest BCUT2D eigenvalue weighted by Crippen LogP contribution is -2.00. The maximum absolute atomic E-state index is 5.80. The molecule has 1 aliphatic rings. The first-order valence-corrected chi connectivity index (χ1v) is 4.61. The average molecular weight is 183 g/mol. The van der Waals surface area contributed by atoms with Crippen molar-refractivity contribution in [2.24, 2.45) is 0 Å². The second-order valence-corrected chi connectivity index (χ2v) is 3.56. The van der Waals surface area contributed by atoms with E-state index < -0.39 is 0 Å².